The van der Waals surface area contributed by atoms with Gasteiger partial charge >= 0.3 is 0 Å². The zero-order chi connectivity index (χ0) is 41.4. The number of hydrogen-bond acceptors (Lipinski definition) is 12. The first-order valence-electron chi connectivity index (χ1n) is 20.0. The van der Waals surface area contributed by atoms with Gasteiger partial charge in [0.25, 0.3) is 0 Å². The van der Waals surface area contributed by atoms with Crippen LogP contribution in [0, 0.1) is 0 Å². The fourth-order valence-corrected chi connectivity index (χ4v) is 8.62. The second-order valence-corrected chi connectivity index (χ2v) is 14.9. The van der Waals surface area contributed by atoms with Crippen molar-refractivity contribution in [3.8, 4) is 51.2 Å². The molecule has 0 radical (unpaired) electrons. The first-order chi connectivity index (χ1) is 31.2. The minimum Gasteiger partial charge on any atom is -0.289 e. The Morgan fingerprint density at radius 3 is 0.984 bits per heavy atom. The van der Waals surface area contributed by atoms with Gasteiger partial charge in [-0.05, 0) is 54.6 Å². The molecule has 0 atom stereocenters. The van der Waals surface area contributed by atoms with E-state index in [4.69, 9.17) is 29.9 Å². The van der Waals surface area contributed by atoms with Crippen molar-refractivity contribution >= 4 is 66.2 Å². The maximum absolute atomic E-state index is 5.17. The van der Waals surface area contributed by atoms with Gasteiger partial charge in [0.2, 0.25) is 0 Å². The van der Waals surface area contributed by atoms with Crippen molar-refractivity contribution in [2.75, 3.05) is 0 Å². The summed E-state index contributed by atoms with van der Waals surface area (Å²) in [7, 11) is 0. The molecule has 13 aromatic rings. The van der Waals surface area contributed by atoms with Gasteiger partial charge in [-0.3, -0.25) is 28.7 Å². The summed E-state index contributed by atoms with van der Waals surface area (Å²) in [4.78, 5) is 57.4. The maximum atomic E-state index is 5.17. The molecule has 0 fully saturated rings. The molecular weight excluding hydrogens is 787 g/mol. The molecule has 9 aromatic heterocycles. The van der Waals surface area contributed by atoms with E-state index in [0.717, 1.165) is 66.5 Å². The number of para-hydroxylation sites is 3. The molecule has 0 aliphatic rings. The lowest BCUT2D eigenvalue weighted by atomic mass is 10.1. The number of rotatable bonds is 6. The minimum atomic E-state index is 0.521. The lowest BCUT2D eigenvalue weighted by Gasteiger charge is -2.18. The van der Waals surface area contributed by atoms with Gasteiger partial charge in [-0.15, -0.1) is 0 Å². The van der Waals surface area contributed by atoms with E-state index >= 15 is 0 Å². The summed E-state index contributed by atoms with van der Waals surface area (Å²) in [5, 5.41) is 2.93. The Kier molecular flexibility index (Phi) is 7.50. The highest BCUT2D eigenvalue weighted by molar-refractivity contribution is 5.97. The molecule has 0 aliphatic carbocycles. The number of nitrogens with zero attached hydrogens (tertiary/aromatic N) is 15. The molecule has 63 heavy (non-hydrogen) atoms. The van der Waals surface area contributed by atoms with Crippen LogP contribution in [0.3, 0.4) is 0 Å². The zero-order valence-electron chi connectivity index (χ0n) is 32.8. The molecule has 0 unspecified atom stereocenters. The third kappa shape index (κ3) is 5.39. The molecule has 0 N–H and O–H groups in total. The summed E-state index contributed by atoms with van der Waals surface area (Å²) >= 11 is 0. The summed E-state index contributed by atoms with van der Waals surface area (Å²) < 4.78 is 6.24. The van der Waals surface area contributed by atoms with Crippen molar-refractivity contribution in [1.82, 2.24) is 73.5 Å². The Balaban J connectivity index is 1.18. The fourth-order valence-electron chi connectivity index (χ4n) is 8.62. The lowest BCUT2D eigenvalue weighted by Crippen LogP contribution is -2.07. The molecule has 4 aromatic carbocycles. The van der Waals surface area contributed by atoms with Gasteiger partial charge < -0.3 is 0 Å². The van der Waals surface area contributed by atoms with Crippen LogP contribution in [0.5, 0.6) is 0 Å². The molecule has 294 valence electrons. The Morgan fingerprint density at radius 1 is 0.333 bits per heavy atom. The van der Waals surface area contributed by atoms with Crippen LogP contribution in [0.4, 0.5) is 0 Å². The lowest BCUT2D eigenvalue weighted by molar-refractivity contribution is 1.03. The zero-order valence-corrected chi connectivity index (χ0v) is 32.8. The van der Waals surface area contributed by atoms with Crippen molar-refractivity contribution in [1.29, 1.82) is 0 Å². The molecule has 0 spiro atoms. The monoisotopic (exact) mass is 813 g/mol. The van der Waals surface area contributed by atoms with E-state index < -0.39 is 0 Å². The summed E-state index contributed by atoms with van der Waals surface area (Å²) in [6, 6.07) is 36.5. The fraction of sp³-hybridized carbons (Fsp3) is 0. The van der Waals surface area contributed by atoms with Gasteiger partial charge in [0.05, 0.1) is 52.2 Å². The molecule has 0 saturated heterocycles. The van der Waals surface area contributed by atoms with E-state index in [9.17, 15) is 0 Å². The van der Waals surface area contributed by atoms with Crippen LogP contribution in [-0.4, -0.2) is 73.5 Å². The van der Waals surface area contributed by atoms with Crippen LogP contribution in [0.2, 0.25) is 0 Å². The van der Waals surface area contributed by atoms with Crippen LogP contribution < -0.4 is 0 Å². The largest absolute Gasteiger partial charge is 0.289 e. The van der Waals surface area contributed by atoms with Crippen LogP contribution in [0.25, 0.3) is 117 Å². The third-order valence-electron chi connectivity index (χ3n) is 11.3. The molecular formula is C48H27N15. The van der Waals surface area contributed by atoms with Crippen LogP contribution in [0.15, 0.2) is 165 Å². The first-order valence-corrected chi connectivity index (χ1v) is 20.0. The second-order valence-electron chi connectivity index (χ2n) is 14.9. The first kappa shape index (κ1) is 34.6. The second kappa shape index (κ2) is 13.7. The quantitative estimate of drug-likeness (QED) is 0.157. The van der Waals surface area contributed by atoms with E-state index in [1.54, 1.807) is 37.2 Å². The van der Waals surface area contributed by atoms with Gasteiger partial charge in [-0.25, -0.2) is 44.9 Å². The molecule has 15 heteroatoms. The molecule has 13 rings (SSSR count). The molecule has 0 saturated carbocycles. The predicted octanol–water partition coefficient (Wildman–Crippen LogP) is 8.72. The Bertz CT molecular complexity index is 3530. The summed E-state index contributed by atoms with van der Waals surface area (Å²) in [6.45, 7) is 0. The summed E-state index contributed by atoms with van der Waals surface area (Å²) in [5.41, 5.74) is 10.7. The number of benzene rings is 4. The minimum absolute atomic E-state index is 0.521. The van der Waals surface area contributed by atoms with E-state index in [0.29, 0.717) is 51.0 Å². The van der Waals surface area contributed by atoms with Crippen molar-refractivity contribution in [3.63, 3.8) is 0 Å². The van der Waals surface area contributed by atoms with Gasteiger partial charge in [0, 0.05) is 51.4 Å². The SMILES string of the molecule is c1cnc2c(-c3nc4ncncc4n3-c3cc(-n4c(-c5cccc6cccnc56)nc5ncncc54)cc(-n4c(-c5cccc6cccnc56)nc5ncncc54)c3)cccc2c1. The highest BCUT2D eigenvalue weighted by atomic mass is 15.2. The predicted molar refractivity (Wildman–Crippen MR) is 239 cm³/mol. The number of aromatic nitrogens is 15. The average molecular weight is 814 g/mol. The van der Waals surface area contributed by atoms with Gasteiger partial charge in [-0.1, -0.05) is 54.6 Å². The van der Waals surface area contributed by atoms with E-state index in [-0.39, 0.29) is 0 Å². The van der Waals surface area contributed by atoms with Crippen LogP contribution >= 0.6 is 0 Å². The Morgan fingerprint density at radius 2 is 0.651 bits per heavy atom. The van der Waals surface area contributed by atoms with Gasteiger partial charge in [-0.2, -0.15) is 0 Å². The molecule has 0 aliphatic heterocycles. The summed E-state index contributed by atoms with van der Waals surface area (Å²) in [6.07, 6.45) is 15.3. The smallest absolute Gasteiger partial charge is 0.181 e. The molecule has 9 heterocycles. The maximum Gasteiger partial charge on any atom is 0.181 e. The highest BCUT2D eigenvalue weighted by Gasteiger charge is 2.25. The number of hydrogen-bond donors (Lipinski definition) is 0. The van der Waals surface area contributed by atoms with E-state index in [1.807, 2.05) is 91.0 Å². The van der Waals surface area contributed by atoms with Gasteiger partial charge in [0.1, 0.15) is 53.0 Å². The van der Waals surface area contributed by atoms with Crippen molar-refractivity contribution in [2.45, 2.75) is 0 Å². The average Bonchev–Trinajstić information content (AvgIpc) is 4.05. The third-order valence-corrected chi connectivity index (χ3v) is 11.3. The Hall–Kier alpha value is -9.24. The van der Waals surface area contributed by atoms with Crippen LogP contribution in [-0.2, 0) is 0 Å². The molecule has 0 amide bonds. The highest BCUT2D eigenvalue weighted by Crippen LogP contribution is 2.38. The van der Waals surface area contributed by atoms with Crippen molar-refractivity contribution < 1.29 is 0 Å². The van der Waals surface area contributed by atoms with E-state index in [1.165, 1.54) is 19.0 Å². The molecule has 0 bridgehead atoms. The molecule has 15 nitrogen and oxygen atoms in total. The summed E-state index contributed by atoms with van der Waals surface area (Å²) in [5.74, 6) is 1.90. The number of pyridine rings is 3. The van der Waals surface area contributed by atoms with Gasteiger partial charge in [0.15, 0.2) is 16.9 Å². The number of imidazole rings is 3. The number of fused-ring (bicyclic) bond motifs is 6. The standard InChI is InChI=1S/C48H27N15/c1-7-28-10-4-16-52-40(28)34(13-1)46-58-43-37(22-49-25-55-43)61(46)31-19-32(62-38-23-50-26-56-44(38)59-47(62)35-14-2-8-29-11-5-17-53-41(29)35)21-33(20-31)63-39-24-51-27-57-45(39)60-48(63)36-15-3-9-30-12-6-18-54-42(30)36/h1-27H. The topological polar surface area (TPSA) is 169 Å². The van der Waals surface area contributed by atoms with Crippen molar-refractivity contribution in [3.05, 3.63) is 165 Å². The normalized spacial score (nSPS) is 11.8. The van der Waals surface area contributed by atoms with Crippen molar-refractivity contribution in [2.24, 2.45) is 0 Å². The van der Waals surface area contributed by atoms with Crippen LogP contribution in [0.1, 0.15) is 0 Å². The Labute approximate surface area is 355 Å². The van der Waals surface area contributed by atoms with E-state index in [2.05, 4.69) is 61.8 Å².